The fourth-order valence-corrected chi connectivity index (χ4v) is 3.46. The van der Waals surface area contributed by atoms with Crippen LogP contribution in [0.25, 0.3) is 10.9 Å². The van der Waals surface area contributed by atoms with Crippen molar-refractivity contribution in [3.8, 4) is 0 Å². The number of hydrogen-bond acceptors (Lipinski definition) is 4. The van der Waals surface area contributed by atoms with Crippen molar-refractivity contribution in [3.63, 3.8) is 0 Å². The highest BCUT2D eigenvalue weighted by atomic mass is 32.2. The van der Waals surface area contributed by atoms with Crippen molar-refractivity contribution in [2.75, 3.05) is 18.8 Å². The van der Waals surface area contributed by atoms with Crippen LogP contribution in [0.4, 0.5) is 4.79 Å². The lowest BCUT2D eigenvalue weighted by Gasteiger charge is -2.21. The molecule has 7 heteroatoms. The Morgan fingerprint density at radius 1 is 1.15 bits per heavy atom. The Balaban J connectivity index is 1.56. The molecule has 0 aliphatic heterocycles. The van der Waals surface area contributed by atoms with Crippen LogP contribution in [-0.2, 0) is 6.54 Å². The SMILES string of the molecule is CCN(Cc1nc2ccccc2c(=O)[nH]1)C(=O)NCCSc1ccccc1. The van der Waals surface area contributed by atoms with E-state index in [1.54, 1.807) is 34.9 Å². The predicted octanol–water partition coefficient (Wildman–Crippen LogP) is 3.25. The molecule has 0 bridgehead atoms. The van der Waals surface area contributed by atoms with Gasteiger partial charge in [0.25, 0.3) is 5.56 Å². The topological polar surface area (TPSA) is 78.1 Å². The molecule has 140 valence electrons. The molecule has 0 fully saturated rings. The molecule has 0 aliphatic carbocycles. The van der Waals surface area contributed by atoms with Gasteiger partial charge in [0.1, 0.15) is 5.82 Å². The number of aromatic amines is 1. The summed E-state index contributed by atoms with van der Waals surface area (Å²) < 4.78 is 0. The lowest BCUT2D eigenvalue weighted by Crippen LogP contribution is -2.40. The summed E-state index contributed by atoms with van der Waals surface area (Å²) in [4.78, 5) is 34.6. The second-order valence-corrected chi connectivity index (χ2v) is 7.11. The number of carbonyl (C=O) groups is 1. The molecular formula is C20H22N4O2S. The summed E-state index contributed by atoms with van der Waals surface area (Å²) in [6, 6.07) is 17.1. The van der Waals surface area contributed by atoms with Gasteiger partial charge in [-0.1, -0.05) is 30.3 Å². The molecule has 0 unspecified atom stereocenters. The van der Waals surface area contributed by atoms with Crippen LogP contribution in [0.15, 0.2) is 64.3 Å². The second-order valence-electron chi connectivity index (χ2n) is 5.94. The van der Waals surface area contributed by atoms with Crippen LogP contribution in [-0.4, -0.2) is 39.7 Å². The Morgan fingerprint density at radius 2 is 1.89 bits per heavy atom. The molecule has 1 aromatic heterocycles. The number of benzene rings is 2. The number of nitrogens with zero attached hydrogens (tertiary/aromatic N) is 2. The molecule has 2 amide bonds. The lowest BCUT2D eigenvalue weighted by molar-refractivity contribution is 0.197. The maximum Gasteiger partial charge on any atom is 0.317 e. The number of rotatable bonds is 7. The monoisotopic (exact) mass is 382 g/mol. The number of hydrogen-bond donors (Lipinski definition) is 2. The van der Waals surface area contributed by atoms with Crippen molar-refractivity contribution in [1.82, 2.24) is 20.2 Å². The van der Waals surface area contributed by atoms with Gasteiger partial charge in [-0.2, -0.15) is 0 Å². The fourth-order valence-electron chi connectivity index (χ4n) is 2.67. The van der Waals surface area contributed by atoms with Gasteiger partial charge < -0.3 is 15.2 Å². The first-order chi connectivity index (χ1) is 13.2. The molecule has 0 atom stereocenters. The van der Waals surface area contributed by atoms with E-state index in [1.165, 1.54) is 4.90 Å². The third-order valence-electron chi connectivity index (χ3n) is 4.06. The Morgan fingerprint density at radius 3 is 2.67 bits per heavy atom. The maximum absolute atomic E-state index is 12.4. The van der Waals surface area contributed by atoms with Gasteiger partial charge in [-0.05, 0) is 31.2 Å². The molecular weight excluding hydrogens is 360 g/mol. The van der Waals surface area contributed by atoms with Crippen LogP contribution < -0.4 is 10.9 Å². The van der Waals surface area contributed by atoms with Crippen LogP contribution in [0.1, 0.15) is 12.7 Å². The molecule has 1 heterocycles. The smallest absolute Gasteiger partial charge is 0.317 e. The summed E-state index contributed by atoms with van der Waals surface area (Å²) in [5, 5.41) is 3.47. The van der Waals surface area contributed by atoms with E-state index in [-0.39, 0.29) is 18.1 Å². The van der Waals surface area contributed by atoms with Crippen molar-refractivity contribution in [1.29, 1.82) is 0 Å². The molecule has 0 saturated heterocycles. The van der Waals surface area contributed by atoms with Gasteiger partial charge in [0.15, 0.2) is 0 Å². The van der Waals surface area contributed by atoms with Crippen LogP contribution in [0.3, 0.4) is 0 Å². The summed E-state index contributed by atoms with van der Waals surface area (Å²) in [5.41, 5.74) is 0.443. The van der Waals surface area contributed by atoms with E-state index in [0.717, 1.165) is 5.75 Å². The third-order valence-corrected chi connectivity index (χ3v) is 5.08. The number of nitrogens with one attached hydrogen (secondary N) is 2. The summed E-state index contributed by atoms with van der Waals surface area (Å²) in [6.07, 6.45) is 0. The number of carbonyl (C=O) groups excluding carboxylic acids is 1. The zero-order chi connectivity index (χ0) is 19.1. The average molecular weight is 382 g/mol. The highest BCUT2D eigenvalue weighted by Gasteiger charge is 2.13. The van der Waals surface area contributed by atoms with Crippen molar-refractivity contribution in [3.05, 3.63) is 70.8 Å². The van der Waals surface area contributed by atoms with Crippen LogP contribution in [0.2, 0.25) is 0 Å². The number of thioether (sulfide) groups is 1. The van der Waals surface area contributed by atoms with Gasteiger partial charge in [-0.15, -0.1) is 11.8 Å². The standard InChI is InChI=1S/C20H22N4O2S/c1-2-24(20(26)21-12-13-27-15-8-4-3-5-9-15)14-18-22-17-11-7-6-10-16(17)19(25)23-18/h3-11H,2,12-14H2,1H3,(H,21,26)(H,22,23,25). The highest BCUT2D eigenvalue weighted by Crippen LogP contribution is 2.15. The minimum Gasteiger partial charge on any atom is -0.337 e. The molecule has 0 radical (unpaired) electrons. The Labute approximate surface area is 162 Å². The van der Waals surface area contributed by atoms with Crippen LogP contribution in [0, 0.1) is 0 Å². The van der Waals surface area contributed by atoms with E-state index in [2.05, 4.69) is 15.3 Å². The normalized spacial score (nSPS) is 10.7. The van der Waals surface area contributed by atoms with E-state index in [1.807, 2.05) is 43.3 Å². The van der Waals surface area contributed by atoms with E-state index in [4.69, 9.17) is 0 Å². The summed E-state index contributed by atoms with van der Waals surface area (Å²) in [7, 11) is 0. The molecule has 3 rings (SSSR count). The number of H-pyrrole nitrogens is 1. The average Bonchev–Trinajstić information content (AvgIpc) is 2.70. The van der Waals surface area contributed by atoms with Gasteiger partial charge >= 0.3 is 6.03 Å². The molecule has 6 nitrogen and oxygen atoms in total. The van der Waals surface area contributed by atoms with Crippen molar-refractivity contribution >= 4 is 28.7 Å². The number of para-hydroxylation sites is 1. The van der Waals surface area contributed by atoms with Gasteiger partial charge in [0.2, 0.25) is 0 Å². The van der Waals surface area contributed by atoms with Gasteiger partial charge in [-0.25, -0.2) is 9.78 Å². The molecule has 0 saturated carbocycles. The van der Waals surface area contributed by atoms with E-state index in [9.17, 15) is 9.59 Å². The summed E-state index contributed by atoms with van der Waals surface area (Å²) >= 11 is 1.70. The quantitative estimate of drug-likeness (QED) is 0.486. The zero-order valence-corrected chi connectivity index (χ0v) is 16.0. The number of urea groups is 1. The van der Waals surface area contributed by atoms with Crippen molar-refractivity contribution in [2.24, 2.45) is 0 Å². The number of aromatic nitrogens is 2. The Hall–Kier alpha value is -2.80. The maximum atomic E-state index is 12.4. The number of fused-ring (bicyclic) bond motifs is 1. The highest BCUT2D eigenvalue weighted by molar-refractivity contribution is 7.99. The molecule has 2 N–H and O–H groups in total. The number of amides is 2. The second kappa shape index (κ2) is 9.23. The van der Waals surface area contributed by atoms with E-state index >= 15 is 0 Å². The Bertz CT molecular complexity index is 959. The fraction of sp³-hybridized carbons (Fsp3) is 0.250. The van der Waals surface area contributed by atoms with E-state index in [0.29, 0.717) is 29.8 Å². The van der Waals surface area contributed by atoms with Crippen LogP contribution >= 0.6 is 11.8 Å². The van der Waals surface area contributed by atoms with E-state index < -0.39 is 0 Å². The summed E-state index contributed by atoms with van der Waals surface area (Å²) in [5.74, 6) is 1.27. The first-order valence-electron chi connectivity index (χ1n) is 8.86. The Kier molecular flexibility index (Phi) is 6.49. The van der Waals surface area contributed by atoms with Crippen LogP contribution in [0.5, 0.6) is 0 Å². The lowest BCUT2D eigenvalue weighted by atomic mass is 10.2. The van der Waals surface area contributed by atoms with Gasteiger partial charge in [-0.3, -0.25) is 4.79 Å². The van der Waals surface area contributed by atoms with Gasteiger partial charge in [0.05, 0.1) is 17.4 Å². The predicted molar refractivity (Wildman–Crippen MR) is 109 cm³/mol. The molecule has 0 aliphatic rings. The molecule has 3 aromatic rings. The minimum atomic E-state index is -0.189. The largest absolute Gasteiger partial charge is 0.337 e. The minimum absolute atomic E-state index is 0.165. The summed E-state index contributed by atoms with van der Waals surface area (Å²) in [6.45, 7) is 3.25. The van der Waals surface area contributed by atoms with Gasteiger partial charge in [0, 0.05) is 23.7 Å². The molecule has 27 heavy (non-hydrogen) atoms. The molecule has 2 aromatic carbocycles. The van der Waals surface area contributed by atoms with Crippen molar-refractivity contribution < 1.29 is 4.79 Å². The van der Waals surface area contributed by atoms with Crippen molar-refractivity contribution in [2.45, 2.75) is 18.4 Å². The molecule has 0 spiro atoms. The zero-order valence-electron chi connectivity index (χ0n) is 15.1. The first kappa shape index (κ1) is 19.0. The first-order valence-corrected chi connectivity index (χ1v) is 9.84. The third kappa shape index (κ3) is 5.10.